The molecule has 0 bridgehead atoms. The number of benzene rings is 1. The molecule has 1 aromatic heterocycles. The first-order valence-electron chi connectivity index (χ1n) is 7.37. The maximum absolute atomic E-state index is 4.53. The van der Waals surface area contributed by atoms with E-state index in [1.165, 1.54) is 33.6 Å². The molecule has 1 aliphatic rings. The third kappa shape index (κ3) is 1.82. The molecule has 1 N–H and O–H groups in total. The molecule has 0 amide bonds. The lowest BCUT2D eigenvalue weighted by molar-refractivity contribution is 0.831. The molecule has 0 radical (unpaired) electrons. The molecule has 20 heavy (non-hydrogen) atoms. The van der Waals surface area contributed by atoms with Gasteiger partial charge in [0.2, 0.25) is 0 Å². The first-order chi connectivity index (χ1) is 9.52. The van der Waals surface area contributed by atoms with E-state index in [2.05, 4.69) is 61.9 Å². The van der Waals surface area contributed by atoms with E-state index >= 15 is 0 Å². The Morgan fingerprint density at radius 3 is 2.25 bits per heavy atom. The van der Waals surface area contributed by atoms with E-state index in [-0.39, 0.29) is 0 Å². The van der Waals surface area contributed by atoms with Gasteiger partial charge in [0.25, 0.3) is 0 Å². The number of rotatable bonds is 2. The summed E-state index contributed by atoms with van der Waals surface area (Å²) in [7, 11) is 1.88. The third-order valence-electron chi connectivity index (χ3n) is 4.18. The monoisotopic (exact) mass is 266 g/mol. The van der Waals surface area contributed by atoms with Crippen molar-refractivity contribution in [1.82, 2.24) is 4.98 Å². The Hall–Kier alpha value is -1.83. The fourth-order valence-electron chi connectivity index (χ4n) is 2.90. The van der Waals surface area contributed by atoms with Gasteiger partial charge in [0, 0.05) is 23.9 Å². The minimum Gasteiger partial charge on any atom is -0.356 e. The van der Waals surface area contributed by atoms with Gasteiger partial charge in [-0.2, -0.15) is 0 Å². The lowest BCUT2D eigenvalue weighted by Crippen LogP contribution is -2.02. The van der Waals surface area contributed by atoms with Crippen molar-refractivity contribution >= 4 is 5.71 Å². The second-order valence-electron chi connectivity index (χ2n) is 6.20. The minimum absolute atomic E-state index is 0.511. The average molecular weight is 266 g/mol. The van der Waals surface area contributed by atoms with Gasteiger partial charge in [0.15, 0.2) is 0 Å². The fraction of sp³-hybridized carbons (Fsp3) is 0.389. The van der Waals surface area contributed by atoms with Crippen LogP contribution in [0.5, 0.6) is 0 Å². The molecule has 1 aromatic carbocycles. The Labute approximate surface area is 121 Å². The highest BCUT2D eigenvalue weighted by molar-refractivity contribution is 6.23. The lowest BCUT2D eigenvalue weighted by Gasteiger charge is -2.09. The number of aromatic nitrogens is 1. The number of hydrogen-bond donors (Lipinski definition) is 1. The van der Waals surface area contributed by atoms with Gasteiger partial charge in [0.1, 0.15) is 0 Å². The van der Waals surface area contributed by atoms with Gasteiger partial charge in [-0.1, -0.05) is 39.8 Å². The van der Waals surface area contributed by atoms with E-state index in [0.717, 1.165) is 5.71 Å². The summed E-state index contributed by atoms with van der Waals surface area (Å²) >= 11 is 0. The van der Waals surface area contributed by atoms with Crippen LogP contribution in [0.3, 0.4) is 0 Å². The van der Waals surface area contributed by atoms with E-state index in [1.54, 1.807) is 0 Å². The second-order valence-corrected chi connectivity index (χ2v) is 6.20. The van der Waals surface area contributed by atoms with Crippen molar-refractivity contribution in [1.29, 1.82) is 0 Å². The molecule has 0 aliphatic heterocycles. The predicted octanol–water partition coefficient (Wildman–Crippen LogP) is 4.71. The van der Waals surface area contributed by atoms with Gasteiger partial charge in [-0.05, 0) is 35.1 Å². The predicted molar refractivity (Wildman–Crippen MR) is 86.0 cm³/mol. The molecular formula is C18H22N2. The summed E-state index contributed by atoms with van der Waals surface area (Å²) in [5, 5.41) is 0. The molecule has 0 unspecified atom stereocenters. The minimum atomic E-state index is 0.511. The molecule has 0 saturated heterocycles. The van der Waals surface area contributed by atoms with Crippen LogP contribution in [0.2, 0.25) is 0 Å². The van der Waals surface area contributed by atoms with E-state index < -0.39 is 0 Å². The van der Waals surface area contributed by atoms with Crippen molar-refractivity contribution in [2.45, 2.75) is 39.5 Å². The van der Waals surface area contributed by atoms with Gasteiger partial charge in [-0.15, -0.1) is 0 Å². The Morgan fingerprint density at radius 2 is 1.65 bits per heavy atom. The first kappa shape index (κ1) is 13.2. The quantitative estimate of drug-likeness (QED) is 0.696. The normalized spacial score (nSPS) is 15.2. The molecule has 104 valence electrons. The Balaban J connectivity index is 2.20. The number of nitrogens with one attached hydrogen (secondary N) is 1. The van der Waals surface area contributed by atoms with Crippen LogP contribution in [-0.4, -0.2) is 17.7 Å². The Morgan fingerprint density at radius 1 is 0.900 bits per heavy atom. The Kier molecular flexibility index (Phi) is 3.04. The van der Waals surface area contributed by atoms with Crippen LogP contribution in [0.25, 0.3) is 11.1 Å². The third-order valence-corrected chi connectivity index (χ3v) is 4.18. The summed E-state index contributed by atoms with van der Waals surface area (Å²) in [5.41, 5.74) is 8.84. The molecule has 2 nitrogen and oxygen atoms in total. The number of hydrogen-bond acceptors (Lipinski definition) is 1. The summed E-state index contributed by atoms with van der Waals surface area (Å²) in [4.78, 5) is 8.09. The molecule has 1 aliphatic carbocycles. The molecule has 1 heterocycles. The van der Waals surface area contributed by atoms with Crippen molar-refractivity contribution in [3.63, 3.8) is 0 Å². The molecule has 0 spiro atoms. The van der Waals surface area contributed by atoms with Crippen LogP contribution in [0.4, 0.5) is 0 Å². The lowest BCUT2D eigenvalue weighted by atomic mass is 9.96. The van der Waals surface area contributed by atoms with Crippen molar-refractivity contribution in [3.05, 3.63) is 46.8 Å². The average Bonchev–Trinajstić information content (AvgIpc) is 2.94. The van der Waals surface area contributed by atoms with Crippen molar-refractivity contribution in [2.75, 3.05) is 7.05 Å². The molecule has 2 heteroatoms. The van der Waals surface area contributed by atoms with E-state index in [9.17, 15) is 0 Å². The summed E-state index contributed by atoms with van der Waals surface area (Å²) < 4.78 is 0. The first-order valence-corrected chi connectivity index (χ1v) is 7.37. The SMILES string of the molecule is C/N=C1\c2cc(C(C)C)ccc2-c2cc(C(C)C)[nH]c21. The highest BCUT2D eigenvalue weighted by Gasteiger charge is 2.27. The standard InChI is InChI=1S/C18H22N2/c1-10(2)12-6-7-13-14(8-12)17(19-5)18-15(13)9-16(20-18)11(3)4/h6-11,20H,1-5H3/b19-17+. The van der Waals surface area contributed by atoms with E-state index in [0.29, 0.717) is 11.8 Å². The van der Waals surface area contributed by atoms with E-state index in [4.69, 9.17) is 0 Å². The topological polar surface area (TPSA) is 28.1 Å². The number of nitrogens with zero attached hydrogens (tertiary/aromatic N) is 1. The van der Waals surface area contributed by atoms with Crippen LogP contribution < -0.4 is 0 Å². The molecule has 0 fully saturated rings. The van der Waals surface area contributed by atoms with Crippen LogP contribution in [0.15, 0.2) is 29.3 Å². The zero-order valence-electron chi connectivity index (χ0n) is 12.9. The number of aromatic amines is 1. The summed E-state index contributed by atoms with van der Waals surface area (Å²) in [6.45, 7) is 8.89. The molecule has 0 saturated carbocycles. The molecule has 2 aromatic rings. The van der Waals surface area contributed by atoms with Gasteiger partial charge in [-0.25, -0.2) is 0 Å². The Bertz CT molecular complexity index is 687. The second kappa shape index (κ2) is 4.62. The van der Waals surface area contributed by atoms with Gasteiger partial charge >= 0.3 is 0 Å². The van der Waals surface area contributed by atoms with Crippen LogP contribution in [0.1, 0.15) is 62.0 Å². The van der Waals surface area contributed by atoms with E-state index in [1.807, 2.05) is 7.05 Å². The maximum atomic E-state index is 4.53. The van der Waals surface area contributed by atoms with Crippen molar-refractivity contribution < 1.29 is 0 Å². The van der Waals surface area contributed by atoms with Crippen LogP contribution >= 0.6 is 0 Å². The largest absolute Gasteiger partial charge is 0.356 e. The number of H-pyrrole nitrogens is 1. The van der Waals surface area contributed by atoms with Gasteiger partial charge in [0.05, 0.1) is 11.4 Å². The molecule has 3 rings (SSSR count). The molecular weight excluding hydrogens is 244 g/mol. The summed E-state index contributed by atoms with van der Waals surface area (Å²) in [6.07, 6.45) is 0. The maximum Gasteiger partial charge on any atom is 0.0890 e. The van der Waals surface area contributed by atoms with Crippen molar-refractivity contribution in [2.24, 2.45) is 4.99 Å². The summed E-state index contributed by atoms with van der Waals surface area (Å²) in [5.74, 6) is 1.06. The summed E-state index contributed by atoms with van der Waals surface area (Å²) in [6, 6.07) is 9.07. The van der Waals surface area contributed by atoms with Crippen LogP contribution in [-0.2, 0) is 0 Å². The zero-order chi connectivity index (χ0) is 14.4. The number of aliphatic imine (C=N–C) groups is 1. The molecule has 0 atom stereocenters. The number of fused-ring (bicyclic) bond motifs is 3. The smallest absolute Gasteiger partial charge is 0.0890 e. The zero-order valence-corrected chi connectivity index (χ0v) is 12.9. The van der Waals surface area contributed by atoms with Crippen LogP contribution in [0, 0.1) is 0 Å². The fourth-order valence-corrected chi connectivity index (χ4v) is 2.90. The van der Waals surface area contributed by atoms with Gasteiger partial charge in [-0.3, -0.25) is 4.99 Å². The highest BCUT2D eigenvalue weighted by atomic mass is 14.8. The van der Waals surface area contributed by atoms with Gasteiger partial charge < -0.3 is 4.98 Å². The highest BCUT2D eigenvalue weighted by Crippen LogP contribution is 2.39. The van der Waals surface area contributed by atoms with Crippen molar-refractivity contribution in [3.8, 4) is 11.1 Å².